The molecule has 1 heterocycles. The second kappa shape index (κ2) is 7.41. The van der Waals surface area contributed by atoms with Gasteiger partial charge in [-0.25, -0.2) is 0 Å². The van der Waals surface area contributed by atoms with Crippen molar-refractivity contribution in [3.63, 3.8) is 0 Å². The maximum atomic E-state index is 6.37. The highest BCUT2D eigenvalue weighted by atomic mass is 35.5. The predicted octanol–water partition coefficient (Wildman–Crippen LogP) is 2.83. The molecule has 1 atom stereocenters. The Morgan fingerprint density at radius 1 is 1.45 bits per heavy atom. The van der Waals surface area contributed by atoms with Gasteiger partial charge in [-0.2, -0.15) is 0 Å². The molecule has 1 aromatic carbocycles. The van der Waals surface area contributed by atoms with Crippen molar-refractivity contribution in [3.8, 4) is 0 Å². The van der Waals surface area contributed by atoms with E-state index in [1.165, 1.54) is 11.1 Å². The van der Waals surface area contributed by atoms with E-state index in [9.17, 15) is 0 Å². The Hall–Kier alpha value is -0.610. The molecule has 112 valence electrons. The largest absolute Gasteiger partial charge is 0.383 e. The lowest BCUT2D eigenvalue weighted by Gasteiger charge is -2.28. The van der Waals surface area contributed by atoms with Crippen LogP contribution in [0.3, 0.4) is 0 Å². The zero-order chi connectivity index (χ0) is 14.4. The molecule has 3 nitrogen and oxygen atoms in total. The van der Waals surface area contributed by atoms with Gasteiger partial charge in [0, 0.05) is 37.2 Å². The molecule has 1 aliphatic heterocycles. The van der Waals surface area contributed by atoms with E-state index < -0.39 is 0 Å². The van der Waals surface area contributed by atoms with E-state index in [0.29, 0.717) is 0 Å². The number of hydrogen-bond donors (Lipinski definition) is 1. The minimum atomic E-state index is 0.159. The van der Waals surface area contributed by atoms with E-state index in [1.54, 1.807) is 7.11 Å². The number of aryl methyl sites for hydroxylation is 1. The second-order valence-electron chi connectivity index (χ2n) is 5.74. The summed E-state index contributed by atoms with van der Waals surface area (Å²) in [5.41, 5.74) is 2.58. The van der Waals surface area contributed by atoms with Gasteiger partial charge in [-0.15, -0.1) is 0 Å². The number of nitrogens with one attached hydrogen (secondary N) is 1. The van der Waals surface area contributed by atoms with Gasteiger partial charge in [0.15, 0.2) is 0 Å². The highest BCUT2D eigenvalue weighted by molar-refractivity contribution is 6.31. The Balaban J connectivity index is 2.01. The first-order chi connectivity index (χ1) is 9.65. The summed E-state index contributed by atoms with van der Waals surface area (Å²) in [6.07, 6.45) is 2.04. The van der Waals surface area contributed by atoms with Crippen molar-refractivity contribution >= 4 is 11.6 Å². The summed E-state index contributed by atoms with van der Waals surface area (Å²) in [6.45, 7) is 6.27. The summed E-state index contributed by atoms with van der Waals surface area (Å²) in [6, 6.07) is 6.31. The fourth-order valence-corrected chi connectivity index (χ4v) is 3.02. The number of benzene rings is 1. The number of hydrogen-bond acceptors (Lipinski definition) is 3. The van der Waals surface area contributed by atoms with Gasteiger partial charge in [-0.3, -0.25) is 0 Å². The van der Waals surface area contributed by atoms with Gasteiger partial charge < -0.3 is 14.8 Å². The Morgan fingerprint density at radius 2 is 2.30 bits per heavy atom. The fourth-order valence-electron chi connectivity index (χ4n) is 2.72. The standard InChI is InChI=1S/C16H24ClNO2/c1-13-3-4-14(15(17)9-13)10-16(5-7-20-12-16)11-18-6-8-19-2/h3-4,9,18H,5-8,10-12H2,1-2H3. The van der Waals surface area contributed by atoms with Crippen LogP contribution in [0.15, 0.2) is 18.2 Å². The first-order valence-corrected chi connectivity index (χ1v) is 7.55. The van der Waals surface area contributed by atoms with Crippen LogP contribution in [0.5, 0.6) is 0 Å². The molecule has 0 spiro atoms. The van der Waals surface area contributed by atoms with Crippen LogP contribution in [0.4, 0.5) is 0 Å². The number of methoxy groups -OCH3 is 1. The average Bonchev–Trinajstić information content (AvgIpc) is 2.87. The molecular weight excluding hydrogens is 274 g/mol. The van der Waals surface area contributed by atoms with Crippen LogP contribution >= 0.6 is 11.6 Å². The van der Waals surface area contributed by atoms with Crippen molar-refractivity contribution in [2.24, 2.45) is 5.41 Å². The van der Waals surface area contributed by atoms with Crippen molar-refractivity contribution in [1.82, 2.24) is 5.32 Å². The maximum absolute atomic E-state index is 6.37. The Kier molecular flexibility index (Phi) is 5.85. The Labute approximate surface area is 126 Å². The quantitative estimate of drug-likeness (QED) is 0.785. The molecule has 1 unspecified atom stereocenters. The monoisotopic (exact) mass is 297 g/mol. The fraction of sp³-hybridized carbons (Fsp3) is 0.625. The lowest BCUT2D eigenvalue weighted by molar-refractivity contribution is 0.145. The van der Waals surface area contributed by atoms with Gasteiger partial charge in [0.05, 0.1) is 13.2 Å². The van der Waals surface area contributed by atoms with E-state index in [2.05, 4.69) is 24.4 Å². The highest BCUT2D eigenvalue weighted by Gasteiger charge is 2.35. The molecule has 0 radical (unpaired) electrons. The zero-order valence-corrected chi connectivity index (χ0v) is 13.1. The van der Waals surface area contributed by atoms with Gasteiger partial charge in [-0.05, 0) is 37.0 Å². The van der Waals surface area contributed by atoms with E-state index in [0.717, 1.165) is 50.8 Å². The lowest BCUT2D eigenvalue weighted by atomic mass is 9.80. The molecule has 2 rings (SSSR count). The molecule has 0 aromatic heterocycles. The maximum Gasteiger partial charge on any atom is 0.0587 e. The molecule has 20 heavy (non-hydrogen) atoms. The molecule has 0 saturated carbocycles. The van der Waals surface area contributed by atoms with Gasteiger partial charge in [-0.1, -0.05) is 23.7 Å². The number of ether oxygens (including phenoxy) is 2. The van der Waals surface area contributed by atoms with Crippen molar-refractivity contribution in [3.05, 3.63) is 34.3 Å². The average molecular weight is 298 g/mol. The third-order valence-corrected chi connectivity index (χ3v) is 4.29. The SMILES string of the molecule is COCCNCC1(Cc2ccc(C)cc2Cl)CCOC1. The summed E-state index contributed by atoms with van der Waals surface area (Å²) in [5.74, 6) is 0. The first kappa shape index (κ1) is 15.8. The highest BCUT2D eigenvalue weighted by Crippen LogP contribution is 2.34. The first-order valence-electron chi connectivity index (χ1n) is 7.18. The molecule has 1 aliphatic rings. The third-order valence-electron chi connectivity index (χ3n) is 3.94. The van der Waals surface area contributed by atoms with Crippen LogP contribution in [-0.4, -0.2) is 40.0 Å². The molecule has 1 aromatic rings. The second-order valence-corrected chi connectivity index (χ2v) is 6.15. The topological polar surface area (TPSA) is 30.5 Å². The van der Waals surface area contributed by atoms with Gasteiger partial charge in [0.25, 0.3) is 0 Å². The zero-order valence-electron chi connectivity index (χ0n) is 12.4. The van der Waals surface area contributed by atoms with Gasteiger partial charge >= 0.3 is 0 Å². The summed E-state index contributed by atoms with van der Waals surface area (Å²) in [5, 5.41) is 4.34. The Morgan fingerprint density at radius 3 is 2.95 bits per heavy atom. The molecule has 1 saturated heterocycles. The van der Waals surface area contributed by atoms with Gasteiger partial charge in [0.2, 0.25) is 0 Å². The van der Waals surface area contributed by atoms with E-state index >= 15 is 0 Å². The summed E-state index contributed by atoms with van der Waals surface area (Å²) in [4.78, 5) is 0. The van der Waals surface area contributed by atoms with Crippen LogP contribution in [-0.2, 0) is 15.9 Å². The van der Waals surface area contributed by atoms with Crippen LogP contribution in [0, 0.1) is 12.3 Å². The molecule has 0 aliphatic carbocycles. The molecule has 4 heteroatoms. The predicted molar refractivity (Wildman–Crippen MR) is 82.5 cm³/mol. The van der Waals surface area contributed by atoms with Crippen molar-refractivity contribution in [2.75, 3.05) is 40.0 Å². The molecule has 1 fully saturated rings. The minimum absolute atomic E-state index is 0.159. The molecular formula is C16H24ClNO2. The summed E-state index contributed by atoms with van der Waals surface area (Å²) >= 11 is 6.37. The molecule has 1 N–H and O–H groups in total. The van der Waals surface area contributed by atoms with Crippen LogP contribution in [0.1, 0.15) is 17.5 Å². The summed E-state index contributed by atoms with van der Waals surface area (Å²) in [7, 11) is 1.72. The lowest BCUT2D eigenvalue weighted by Crippen LogP contribution is -2.38. The summed E-state index contributed by atoms with van der Waals surface area (Å²) < 4.78 is 10.7. The molecule has 0 amide bonds. The number of rotatable bonds is 7. The van der Waals surface area contributed by atoms with Crippen LogP contribution in [0.25, 0.3) is 0 Å². The number of halogens is 1. The minimum Gasteiger partial charge on any atom is -0.383 e. The van der Waals surface area contributed by atoms with Crippen molar-refractivity contribution in [1.29, 1.82) is 0 Å². The van der Waals surface area contributed by atoms with Crippen LogP contribution < -0.4 is 5.32 Å². The third kappa shape index (κ3) is 4.19. The van der Waals surface area contributed by atoms with Crippen molar-refractivity contribution < 1.29 is 9.47 Å². The Bertz CT molecular complexity index is 430. The normalized spacial score (nSPS) is 22.4. The van der Waals surface area contributed by atoms with E-state index in [-0.39, 0.29) is 5.41 Å². The van der Waals surface area contributed by atoms with E-state index in [4.69, 9.17) is 21.1 Å². The van der Waals surface area contributed by atoms with Crippen LogP contribution in [0.2, 0.25) is 5.02 Å². The van der Waals surface area contributed by atoms with Crippen molar-refractivity contribution in [2.45, 2.75) is 19.8 Å². The smallest absolute Gasteiger partial charge is 0.0587 e. The van der Waals surface area contributed by atoms with Gasteiger partial charge in [0.1, 0.15) is 0 Å². The van der Waals surface area contributed by atoms with E-state index in [1.807, 2.05) is 6.07 Å². The molecule has 0 bridgehead atoms.